The van der Waals surface area contributed by atoms with Gasteiger partial charge in [0.05, 0.1) is 6.61 Å². The Bertz CT molecular complexity index is 206. The van der Waals surface area contributed by atoms with Crippen LogP contribution in [0.25, 0.3) is 0 Å². The third kappa shape index (κ3) is 8.19. The van der Waals surface area contributed by atoms with Crippen LogP contribution < -0.4 is 0 Å². The molecule has 0 saturated heterocycles. The molecule has 1 aromatic carbocycles. The molecule has 15 heavy (non-hydrogen) atoms. The highest BCUT2D eigenvalue weighted by Gasteiger charge is 1.90. The molecular formula is C14H24O. The Labute approximate surface area is 94.5 Å². The number of hydrogen-bond donors (Lipinski definition) is 0. The van der Waals surface area contributed by atoms with Gasteiger partial charge in [-0.15, -0.1) is 0 Å². The Balaban J connectivity index is 0.000000921. The van der Waals surface area contributed by atoms with Crippen molar-refractivity contribution in [3.63, 3.8) is 0 Å². The van der Waals surface area contributed by atoms with Crippen molar-refractivity contribution in [2.24, 2.45) is 0 Å². The zero-order valence-corrected chi connectivity index (χ0v) is 10.3. The quantitative estimate of drug-likeness (QED) is 0.629. The van der Waals surface area contributed by atoms with Crippen LogP contribution in [0.4, 0.5) is 0 Å². The molecule has 0 radical (unpaired) electrons. The van der Waals surface area contributed by atoms with Gasteiger partial charge in [0.15, 0.2) is 0 Å². The van der Waals surface area contributed by atoms with E-state index in [1.807, 2.05) is 32.0 Å². The molecule has 1 heteroatoms. The molecule has 86 valence electrons. The molecule has 0 unspecified atom stereocenters. The standard InChI is InChI=1S/C12H18O.C2H6/c1-2-3-7-10-13-11-12-8-5-4-6-9-12;1-2/h4-6,8-9H,2-3,7,10-11H2,1H3;1-2H3. The normalized spacial score (nSPS) is 9.27. The second-order valence-corrected chi connectivity index (χ2v) is 3.25. The lowest BCUT2D eigenvalue weighted by molar-refractivity contribution is 0.117. The minimum Gasteiger partial charge on any atom is -0.377 e. The highest BCUT2D eigenvalue weighted by molar-refractivity contribution is 5.13. The zero-order valence-electron chi connectivity index (χ0n) is 10.3. The van der Waals surface area contributed by atoms with E-state index in [0.29, 0.717) is 0 Å². The number of rotatable bonds is 6. The minimum atomic E-state index is 0.755. The first-order chi connectivity index (χ1) is 7.43. The molecule has 1 nitrogen and oxygen atoms in total. The maximum absolute atomic E-state index is 5.52. The van der Waals surface area contributed by atoms with Crippen LogP contribution in [-0.4, -0.2) is 6.61 Å². The van der Waals surface area contributed by atoms with E-state index in [-0.39, 0.29) is 0 Å². The van der Waals surface area contributed by atoms with Crippen LogP contribution in [0.1, 0.15) is 45.6 Å². The van der Waals surface area contributed by atoms with E-state index in [1.54, 1.807) is 0 Å². The summed E-state index contributed by atoms with van der Waals surface area (Å²) in [5.74, 6) is 0. The first-order valence-electron chi connectivity index (χ1n) is 6.05. The Morgan fingerprint density at radius 1 is 1.00 bits per heavy atom. The summed E-state index contributed by atoms with van der Waals surface area (Å²) in [4.78, 5) is 0. The van der Waals surface area contributed by atoms with Crippen molar-refractivity contribution in [2.75, 3.05) is 6.61 Å². The van der Waals surface area contributed by atoms with Crippen LogP contribution in [0.3, 0.4) is 0 Å². The fourth-order valence-electron chi connectivity index (χ4n) is 1.22. The third-order valence-electron chi connectivity index (χ3n) is 2.00. The smallest absolute Gasteiger partial charge is 0.0716 e. The molecule has 1 rings (SSSR count). The summed E-state index contributed by atoms with van der Waals surface area (Å²) in [6, 6.07) is 10.3. The molecule has 1 aromatic rings. The van der Waals surface area contributed by atoms with Gasteiger partial charge in [-0.3, -0.25) is 0 Å². The second-order valence-electron chi connectivity index (χ2n) is 3.25. The lowest BCUT2D eigenvalue weighted by atomic mass is 10.2. The lowest BCUT2D eigenvalue weighted by Gasteiger charge is -2.02. The van der Waals surface area contributed by atoms with Crippen molar-refractivity contribution in [3.8, 4) is 0 Å². The van der Waals surface area contributed by atoms with Crippen LogP contribution >= 0.6 is 0 Å². The molecule has 0 bridgehead atoms. The Hall–Kier alpha value is -0.820. The van der Waals surface area contributed by atoms with Gasteiger partial charge in [0.1, 0.15) is 0 Å². The fraction of sp³-hybridized carbons (Fsp3) is 0.571. The molecule has 0 fully saturated rings. The maximum Gasteiger partial charge on any atom is 0.0716 e. The Kier molecular flexibility index (Phi) is 10.6. The molecule has 0 aromatic heterocycles. The van der Waals surface area contributed by atoms with Crippen LogP contribution in [0, 0.1) is 0 Å². The van der Waals surface area contributed by atoms with Crippen molar-refractivity contribution in [1.82, 2.24) is 0 Å². The summed E-state index contributed by atoms with van der Waals surface area (Å²) >= 11 is 0. The summed E-state index contributed by atoms with van der Waals surface area (Å²) in [5.41, 5.74) is 1.26. The average molecular weight is 208 g/mol. The van der Waals surface area contributed by atoms with Crippen LogP contribution in [0.2, 0.25) is 0 Å². The van der Waals surface area contributed by atoms with Crippen molar-refractivity contribution >= 4 is 0 Å². The Morgan fingerprint density at radius 2 is 1.67 bits per heavy atom. The molecule has 0 N–H and O–H groups in total. The predicted molar refractivity (Wildman–Crippen MR) is 67.0 cm³/mol. The van der Waals surface area contributed by atoms with Crippen LogP contribution in [0.5, 0.6) is 0 Å². The molecule has 0 heterocycles. The molecular weight excluding hydrogens is 184 g/mol. The van der Waals surface area contributed by atoms with Gasteiger partial charge in [0, 0.05) is 6.61 Å². The van der Waals surface area contributed by atoms with E-state index >= 15 is 0 Å². The minimum absolute atomic E-state index is 0.755. The first-order valence-corrected chi connectivity index (χ1v) is 6.05. The Morgan fingerprint density at radius 3 is 2.27 bits per heavy atom. The number of unbranched alkanes of at least 4 members (excludes halogenated alkanes) is 2. The second kappa shape index (κ2) is 11.3. The van der Waals surface area contributed by atoms with Gasteiger partial charge in [-0.05, 0) is 12.0 Å². The molecule has 0 atom stereocenters. The maximum atomic E-state index is 5.52. The monoisotopic (exact) mass is 208 g/mol. The first kappa shape index (κ1) is 14.2. The summed E-state index contributed by atoms with van der Waals surface area (Å²) in [6.45, 7) is 7.85. The van der Waals surface area contributed by atoms with E-state index in [2.05, 4.69) is 19.1 Å². The van der Waals surface area contributed by atoms with E-state index < -0.39 is 0 Å². The predicted octanol–water partition coefficient (Wildman–Crippen LogP) is 4.42. The summed E-state index contributed by atoms with van der Waals surface area (Å²) < 4.78 is 5.52. The summed E-state index contributed by atoms with van der Waals surface area (Å²) in [6.07, 6.45) is 3.72. The van der Waals surface area contributed by atoms with E-state index in [0.717, 1.165) is 13.2 Å². The fourth-order valence-corrected chi connectivity index (χ4v) is 1.22. The van der Waals surface area contributed by atoms with Crippen LogP contribution in [-0.2, 0) is 11.3 Å². The lowest BCUT2D eigenvalue weighted by Crippen LogP contribution is -1.94. The highest BCUT2D eigenvalue weighted by atomic mass is 16.5. The van der Waals surface area contributed by atoms with Gasteiger partial charge in [0.2, 0.25) is 0 Å². The molecule has 0 aliphatic heterocycles. The van der Waals surface area contributed by atoms with Gasteiger partial charge in [-0.25, -0.2) is 0 Å². The molecule has 0 aliphatic rings. The largest absolute Gasteiger partial charge is 0.377 e. The van der Waals surface area contributed by atoms with Gasteiger partial charge < -0.3 is 4.74 Å². The van der Waals surface area contributed by atoms with Crippen molar-refractivity contribution in [1.29, 1.82) is 0 Å². The van der Waals surface area contributed by atoms with E-state index in [4.69, 9.17) is 4.74 Å². The number of ether oxygens (including phenoxy) is 1. The summed E-state index contributed by atoms with van der Waals surface area (Å²) in [5, 5.41) is 0. The van der Waals surface area contributed by atoms with E-state index in [9.17, 15) is 0 Å². The molecule has 0 amide bonds. The van der Waals surface area contributed by atoms with Crippen molar-refractivity contribution in [2.45, 2.75) is 46.6 Å². The van der Waals surface area contributed by atoms with Crippen molar-refractivity contribution < 1.29 is 4.74 Å². The molecule has 0 spiro atoms. The van der Waals surface area contributed by atoms with Gasteiger partial charge in [-0.1, -0.05) is 63.9 Å². The van der Waals surface area contributed by atoms with Gasteiger partial charge >= 0.3 is 0 Å². The number of hydrogen-bond acceptors (Lipinski definition) is 1. The topological polar surface area (TPSA) is 9.23 Å². The molecule has 0 saturated carbocycles. The van der Waals surface area contributed by atoms with Crippen molar-refractivity contribution in [3.05, 3.63) is 35.9 Å². The number of benzene rings is 1. The molecule has 0 aliphatic carbocycles. The van der Waals surface area contributed by atoms with E-state index in [1.165, 1.54) is 24.8 Å². The third-order valence-corrected chi connectivity index (χ3v) is 2.00. The average Bonchev–Trinajstić information content (AvgIpc) is 2.33. The van der Waals surface area contributed by atoms with Gasteiger partial charge in [-0.2, -0.15) is 0 Å². The van der Waals surface area contributed by atoms with Crippen LogP contribution in [0.15, 0.2) is 30.3 Å². The van der Waals surface area contributed by atoms with Gasteiger partial charge in [0.25, 0.3) is 0 Å². The SMILES string of the molecule is CC.CCCCCOCc1ccccc1. The highest BCUT2D eigenvalue weighted by Crippen LogP contribution is 2.01. The summed E-state index contributed by atoms with van der Waals surface area (Å²) in [7, 11) is 0. The zero-order chi connectivity index (χ0) is 11.4.